The summed E-state index contributed by atoms with van der Waals surface area (Å²) in [6.07, 6.45) is 5.63. The first-order valence-corrected chi connectivity index (χ1v) is 8.25. The summed E-state index contributed by atoms with van der Waals surface area (Å²) >= 11 is 18.2. The molecule has 2 nitrogen and oxygen atoms in total. The van der Waals surface area contributed by atoms with E-state index in [9.17, 15) is 4.79 Å². The van der Waals surface area contributed by atoms with Crippen molar-refractivity contribution in [2.24, 2.45) is 0 Å². The summed E-state index contributed by atoms with van der Waals surface area (Å²) in [5.41, 5.74) is 0.395. The number of carbonyl (C=O) groups excluding carboxylic acids is 1. The molecule has 1 amide bonds. The number of rotatable bonds is 4. The first kappa shape index (κ1) is 15.9. The van der Waals surface area contributed by atoms with E-state index in [1.807, 2.05) is 4.90 Å². The summed E-state index contributed by atoms with van der Waals surface area (Å²) in [4.78, 5) is 14.6. The van der Waals surface area contributed by atoms with Crippen molar-refractivity contribution in [1.29, 1.82) is 0 Å². The molecule has 1 fully saturated rings. The fraction of sp³-hybridized carbons (Fsp3) is 0.533. The van der Waals surface area contributed by atoms with Gasteiger partial charge in [0.1, 0.15) is 0 Å². The van der Waals surface area contributed by atoms with E-state index in [4.69, 9.17) is 34.8 Å². The van der Waals surface area contributed by atoms with Crippen LogP contribution in [0, 0.1) is 0 Å². The topological polar surface area (TPSA) is 20.3 Å². The van der Waals surface area contributed by atoms with Crippen molar-refractivity contribution in [2.75, 3.05) is 12.4 Å². The van der Waals surface area contributed by atoms with E-state index in [2.05, 4.69) is 0 Å². The van der Waals surface area contributed by atoms with E-state index in [1.165, 1.54) is 6.42 Å². The molecule has 110 valence electrons. The molecule has 1 aliphatic rings. The number of amides is 1. The number of benzene rings is 1. The minimum Gasteiger partial charge on any atom is -0.334 e. The van der Waals surface area contributed by atoms with Crippen LogP contribution in [0.2, 0.25) is 10.0 Å². The highest BCUT2D eigenvalue weighted by Gasteiger charge is 2.28. The predicted octanol–water partition coefficient (Wildman–Crippen LogP) is 5.01. The highest BCUT2D eigenvalue weighted by molar-refractivity contribution is 6.39. The van der Waals surface area contributed by atoms with Gasteiger partial charge in [-0.2, -0.15) is 0 Å². The summed E-state index contributed by atoms with van der Waals surface area (Å²) in [6.45, 7) is 0.534. The summed E-state index contributed by atoms with van der Waals surface area (Å²) in [7, 11) is 0. The van der Waals surface area contributed by atoms with Crippen LogP contribution in [0.4, 0.5) is 0 Å². The van der Waals surface area contributed by atoms with E-state index >= 15 is 0 Å². The maximum atomic E-state index is 12.8. The van der Waals surface area contributed by atoms with Crippen LogP contribution in [0.15, 0.2) is 18.2 Å². The second-order valence-corrected chi connectivity index (χ2v) is 6.27. The second kappa shape index (κ2) is 7.53. The molecule has 0 atom stereocenters. The van der Waals surface area contributed by atoms with Gasteiger partial charge in [0, 0.05) is 18.5 Å². The summed E-state index contributed by atoms with van der Waals surface area (Å²) in [5.74, 6) is 0.317. The first-order chi connectivity index (χ1) is 9.65. The van der Waals surface area contributed by atoms with Gasteiger partial charge in [0.15, 0.2) is 0 Å². The fourth-order valence-corrected chi connectivity index (χ4v) is 3.52. The molecular formula is C15H18Cl3NO. The van der Waals surface area contributed by atoms with E-state index in [0.717, 1.165) is 25.7 Å². The number of carbonyl (C=O) groups is 1. The molecule has 2 rings (SSSR count). The highest BCUT2D eigenvalue weighted by Crippen LogP contribution is 2.29. The molecule has 20 heavy (non-hydrogen) atoms. The Kier molecular flexibility index (Phi) is 6.01. The molecule has 0 N–H and O–H groups in total. The van der Waals surface area contributed by atoms with Gasteiger partial charge >= 0.3 is 0 Å². The van der Waals surface area contributed by atoms with Crippen molar-refractivity contribution >= 4 is 40.7 Å². The van der Waals surface area contributed by atoms with Crippen molar-refractivity contribution in [3.63, 3.8) is 0 Å². The largest absolute Gasteiger partial charge is 0.334 e. The van der Waals surface area contributed by atoms with Gasteiger partial charge in [-0.05, 0) is 25.0 Å². The predicted molar refractivity (Wildman–Crippen MR) is 85.1 cm³/mol. The lowest BCUT2D eigenvalue weighted by Crippen LogP contribution is -2.42. The number of alkyl halides is 1. The smallest absolute Gasteiger partial charge is 0.257 e. The molecule has 0 aliphatic heterocycles. The number of hydrogen-bond donors (Lipinski definition) is 0. The van der Waals surface area contributed by atoms with Gasteiger partial charge in [-0.1, -0.05) is 48.5 Å². The molecule has 1 aromatic carbocycles. The maximum Gasteiger partial charge on any atom is 0.257 e. The standard InChI is InChI=1S/C15H18Cl3NO/c16-9-10-19(11-5-2-1-3-6-11)15(20)14-12(17)7-4-8-13(14)18/h4,7-8,11H,1-3,5-6,9-10H2. The van der Waals surface area contributed by atoms with E-state index < -0.39 is 0 Å². The van der Waals surface area contributed by atoms with Crippen LogP contribution in [0.5, 0.6) is 0 Å². The lowest BCUT2D eigenvalue weighted by molar-refractivity contribution is 0.0650. The number of hydrogen-bond acceptors (Lipinski definition) is 1. The van der Waals surface area contributed by atoms with Crippen LogP contribution in [-0.2, 0) is 0 Å². The molecular weight excluding hydrogens is 317 g/mol. The first-order valence-electron chi connectivity index (χ1n) is 6.96. The van der Waals surface area contributed by atoms with Gasteiger partial charge in [-0.3, -0.25) is 4.79 Å². The van der Waals surface area contributed by atoms with Gasteiger partial charge < -0.3 is 4.90 Å². The maximum absolute atomic E-state index is 12.8. The monoisotopic (exact) mass is 333 g/mol. The third kappa shape index (κ3) is 3.60. The van der Waals surface area contributed by atoms with E-state index in [1.54, 1.807) is 18.2 Å². The van der Waals surface area contributed by atoms with E-state index in [0.29, 0.717) is 28.0 Å². The highest BCUT2D eigenvalue weighted by atomic mass is 35.5. The zero-order chi connectivity index (χ0) is 14.5. The molecule has 1 aliphatic carbocycles. The summed E-state index contributed by atoms with van der Waals surface area (Å²) < 4.78 is 0. The lowest BCUT2D eigenvalue weighted by Gasteiger charge is -2.34. The Bertz CT molecular complexity index is 452. The second-order valence-electron chi connectivity index (χ2n) is 5.08. The lowest BCUT2D eigenvalue weighted by atomic mass is 9.93. The molecule has 0 radical (unpaired) electrons. The zero-order valence-electron chi connectivity index (χ0n) is 11.2. The normalized spacial score (nSPS) is 16.1. The minimum atomic E-state index is -0.104. The Balaban J connectivity index is 2.26. The molecule has 0 aromatic heterocycles. The van der Waals surface area contributed by atoms with Crippen molar-refractivity contribution in [3.05, 3.63) is 33.8 Å². The van der Waals surface area contributed by atoms with Crippen LogP contribution in [0.1, 0.15) is 42.5 Å². The quantitative estimate of drug-likeness (QED) is 0.709. The van der Waals surface area contributed by atoms with Crippen LogP contribution >= 0.6 is 34.8 Å². The number of halogens is 3. The van der Waals surface area contributed by atoms with Crippen molar-refractivity contribution in [2.45, 2.75) is 38.1 Å². The van der Waals surface area contributed by atoms with Crippen LogP contribution < -0.4 is 0 Å². The van der Waals surface area contributed by atoms with Crippen molar-refractivity contribution in [3.8, 4) is 0 Å². The Hall–Kier alpha value is -0.440. The molecule has 5 heteroatoms. The van der Waals surface area contributed by atoms with Crippen LogP contribution in [0.3, 0.4) is 0 Å². The molecule has 1 aromatic rings. The van der Waals surface area contributed by atoms with Gasteiger partial charge in [0.2, 0.25) is 0 Å². The molecule has 0 spiro atoms. The molecule has 0 bridgehead atoms. The Morgan fingerprint density at radius 1 is 1.15 bits per heavy atom. The minimum absolute atomic E-state index is 0.104. The Morgan fingerprint density at radius 3 is 2.30 bits per heavy atom. The third-order valence-corrected chi connectivity index (χ3v) is 4.58. The fourth-order valence-electron chi connectivity index (χ4n) is 2.78. The molecule has 0 heterocycles. The van der Waals surface area contributed by atoms with Gasteiger partial charge in [-0.15, -0.1) is 11.6 Å². The van der Waals surface area contributed by atoms with Crippen LogP contribution in [-0.4, -0.2) is 29.3 Å². The van der Waals surface area contributed by atoms with Crippen LogP contribution in [0.25, 0.3) is 0 Å². The molecule has 1 saturated carbocycles. The Labute approximate surface area is 135 Å². The Morgan fingerprint density at radius 2 is 1.75 bits per heavy atom. The molecule has 0 saturated heterocycles. The van der Waals surface area contributed by atoms with Gasteiger partial charge in [0.05, 0.1) is 15.6 Å². The van der Waals surface area contributed by atoms with Gasteiger partial charge in [0.25, 0.3) is 5.91 Å². The number of nitrogens with zero attached hydrogens (tertiary/aromatic N) is 1. The zero-order valence-corrected chi connectivity index (χ0v) is 13.5. The summed E-state index contributed by atoms with van der Waals surface area (Å²) in [5, 5.41) is 0.802. The average Bonchev–Trinajstić information content (AvgIpc) is 2.45. The van der Waals surface area contributed by atoms with Crippen molar-refractivity contribution < 1.29 is 4.79 Å². The SMILES string of the molecule is O=C(c1c(Cl)cccc1Cl)N(CCCl)C1CCCCC1. The van der Waals surface area contributed by atoms with Gasteiger partial charge in [-0.25, -0.2) is 0 Å². The van der Waals surface area contributed by atoms with Crippen molar-refractivity contribution in [1.82, 2.24) is 4.90 Å². The third-order valence-electron chi connectivity index (χ3n) is 3.78. The average molecular weight is 335 g/mol. The van der Waals surface area contributed by atoms with E-state index in [-0.39, 0.29) is 11.9 Å². The molecule has 0 unspecified atom stereocenters. The summed E-state index contributed by atoms with van der Waals surface area (Å²) in [6, 6.07) is 5.39.